The molecule has 7 nitrogen and oxygen atoms in total. The first-order valence-electron chi connectivity index (χ1n) is 7.01. The molecule has 1 unspecified atom stereocenters. The number of carbonyl (C=O) groups excluding carboxylic acids is 1. The number of ether oxygens (including phenoxy) is 1. The number of likely N-dealkylation sites (tertiary alicyclic amines) is 1. The lowest BCUT2D eigenvalue weighted by Crippen LogP contribution is -2.57. The van der Waals surface area contributed by atoms with Crippen LogP contribution < -0.4 is 5.32 Å². The van der Waals surface area contributed by atoms with Crippen LogP contribution >= 0.6 is 0 Å². The normalized spacial score (nSPS) is 23.1. The molecule has 112 valence electrons. The van der Waals surface area contributed by atoms with Crippen LogP contribution in [0.3, 0.4) is 0 Å². The number of likely N-dealkylation sites (N-methyl/N-ethyl adjacent to an activating group) is 1. The lowest BCUT2D eigenvalue weighted by molar-refractivity contribution is -0.135. The highest BCUT2D eigenvalue weighted by molar-refractivity contribution is 5.86. The van der Waals surface area contributed by atoms with Gasteiger partial charge in [0.15, 0.2) is 0 Å². The largest absolute Gasteiger partial charge is 0.382 e. The molecule has 1 aromatic heterocycles. The van der Waals surface area contributed by atoms with E-state index in [4.69, 9.17) is 4.74 Å². The zero-order valence-corrected chi connectivity index (χ0v) is 12.4. The Labute approximate surface area is 119 Å². The highest BCUT2D eigenvalue weighted by Gasteiger charge is 2.47. The van der Waals surface area contributed by atoms with E-state index in [-0.39, 0.29) is 5.91 Å². The lowest BCUT2D eigenvalue weighted by Gasteiger charge is -2.35. The van der Waals surface area contributed by atoms with E-state index in [0.29, 0.717) is 13.2 Å². The van der Waals surface area contributed by atoms with Gasteiger partial charge in [0.25, 0.3) is 0 Å². The zero-order chi connectivity index (χ0) is 14.6. The van der Waals surface area contributed by atoms with Crippen LogP contribution in [0.2, 0.25) is 0 Å². The molecule has 0 spiro atoms. The van der Waals surface area contributed by atoms with Crippen molar-refractivity contribution in [1.82, 2.24) is 25.2 Å². The van der Waals surface area contributed by atoms with Crippen LogP contribution in [0.1, 0.15) is 25.5 Å². The van der Waals surface area contributed by atoms with Gasteiger partial charge in [0.2, 0.25) is 5.91 Å². The number of aromatic nitrogens is 3. The van der Waals surface area contributed by atoms with Crippen molar-refractivity contribution in [2.45, 2.75) is 38.4 Å². The van der Waals surface area contributed by atoms with Gasteiger partial charge in [-0.25, -0.2) is 0 Å². The fourth-order valence-corrected chi connectivity index (χ4v) is 2.88. The summed E-state index contributed by atoms with van der Waals surface area (Å²) in [7, 11) is 3.30. The van der Waals surface area contributed by atoms with E-state index in [1.165, 1.54) is 0 Å². The molecule has 0 radical (unpaired) electrons. The molecule has 1 aromatic rings. The van der Waals surface area contributed by atoms with Gasteiger partial charge < -0.3 is 10.1 Å². The van der Waals surface area contributed by atoms with Crippen molar-refractivity contribution < 1.29 is 9.53 Å². The molecular weight excluding hydrogens is 258 g/mol. The van der Waals surface area contributed by atoms with Gasteiger partial charge in [-0.15, -0.1) is 0 Å². The van der Waals surface area contributed by atoms with Gasteiger partial charge in [-0.05, 0) is 26.3 Å². The molecular formula is C13H23N5O2. The van der Waals surface area contributed by atoms with E-state index in [2.05, 4.69) is 20.4 Å². The molecule has 2 rings (SSSR count). The zero-order valence-electron chi connectivity index (χ0n) is 12.4. The molecule has 0 aliphatic carbocycles. The maximum absolute atomic E-state index is 12.3. The second-order valence-electron chi connectivity index (χ2n) is 5.09. The predicted octanol–water partition coefficient (Wildman–Crippen LogP) is 0.0250. The maximum Gasteiger partial charge on any atom is 0.242 e. The van der Waals surface area contributed by atoms with Crippen LogP contribution in [-0.4, -0.2) is 58.6 Å². The third-order valence-corrected chi connectivity index (χ3v) is 3.88. The van der Waals surface area contributed by atoms with Crippen molar-refractivity contribution in [3.05, 3.63) is 11.9 Å². The molecule has 0 aromatic carbocycles. The smallest absolute Gasteiger partial charge is 0.242 e. The number of aryl methyl sites for hydroxylation is 1. The van der Waals surface area contributed by atoms with Crippen molar-refractivity contribution in [2.24, 2.45) is 0 Å². The topological polar surface area (TPSA) is 72.3 Å². The van der Waals surface area contributed by atoms with Gasteiger partial charge in [0.05, 0.1) is 25.0 Å². The predicted molar refractivity (Wildman–Crippen MR) is 74.0 cm³/mol. The minimum absolute atomic E-state index is 0.0136. The average Bonchev–Trinajstić information content (AvgIpc) is 3.07. The Morgan fingerprint density at radius 3 is 3.00 bits per heavy atom. The number of amides is 1. The molecule has 1 atom stereocenters. The summed E-state index contributed by atoms with van der Waals surface area (Å²) in [5.41, 5.74) is 0.303. The molecule has 1 N–H and O–H groups in total. The van der Waals surface area contributed by atoms with Crippen LogP contribution in [0.5, 0.6) is 0 Å². The van der Waals surface area contributed by atoms with Gasteiger partial charge in [-0.3, -0.25) is 9.69 Å². The maximum atomic E-state index is 12.3. The monoisotopic (exact) mass is 281 g/mol. The van der Waals surface area contributed by atoms with Crippen LogP contribution in [0.15, 0.2) is 6.20 Å². The summed E-state index contributed by atoms with van der Waals surface area (Å²) < 4.78 is 5.30. The number of nitrogens with one attached hydrogen (secondary N) is 1. The van der Waals surface area contributed by atoms with E-state index in [9.17, 15) is 4.79 Å². The molecule has 0 saturated carbocycles. The molecule has 1 aliphatic heterocycles. The summed E-state index contributed by atoms with van der Waals surface area (Å²) in [6, 6.07) is 0. The third kappa shape index (κ3) is 2.69. The summed E-state index contributed by atoms with van der Waals surface area (Å²) in [4.78, 5) is 16.1. The Balaban J connectivity index is 2.17. The van der Waals surface area contributed by atoms with Crippen LogP contribution in [0.4, 0.5) is 0 Å². The minimum Gasteiger partial charge on any atom is -0.382 e. The summed E-state index contributed by atoms with van der Waals surface area (Å²) >= 11 is 0. The Morgan fingerprint density at radius 2 is 2.40 bits per heavy atom. The van der Waals surface area contributed by atoms with E-state index in [0.717, 1.165) is 31.6 Å². The van der Waals surface area contributed by atoms with E-state index >= 15 is 0 Å². The fraction of sp³-hybridized carbons (Fsp3) is 0.769. The van der Waals surface area contributed by atoms with E-state index in [1.54, 1.807) is 25.2 Å². The Hall–Kier alpha value is -1.47. The molecule has 1 saturated heterocycles. The SMILES string of the molecule is CCn1ncc(CN2CCCC2(COC)C(=O)NC)n1. The number of hydrogen-bond acceptors (Lipinski definition) is 5. The summed E-state index contributed by atoms with van der Waals surface area (Å²) in [6.07, 6.45) is 3.56. The van der Waals surface area contributed by atoms with Crippen LogP contribution in [-0.2, 0) is 22.6 Å². The van der Waals surface area contributed by atoms with Crippen molar-refractivity contribution in [3.63, 3.8) is 0 Å². The molecule has 1 aliphatic rings. The molecule has 20 heavy (non-hydrogen) atoms. The molecule has 7 heteroatoms. The highest BCUT2D eigenvalue weighted by atomic mass is 16.5. The molecule has 2 heterocycles. The van der Waals surface area contributed by atoms with Gasteiger partial charge in [-0.1, -0.05) is 0 Å². The molecule has 1 fully saturated rings. The van der Waals surface area contributed by atoms with Gasteiger partial charge in [0, 0.05) is 20.7 Å². The Bertz CT molecular complexity index is 461. The molecule has 0 bridgehead atoms. The lowest BCUT2D eigenvalue weighted by atomic mass is 9.95. The second-order valence-corrected chi connectivity index (χ2v) is 5.09. The quantitative estimate of drug-likeness (QED) is 0.796. The van der Waals surface area contributed by atoms with E-state index < -0.39 is 5.54 Å². The Kier molecular flexibility index (Phi) is 4.72. The average molecular weight is 281 g/mol. The number of hydrogen-bond donors (Lipinski definition) is 1. The fourth-order valence-electron chi connectivity index (χ4n) is 2.88. The molecule has 1 amide bonds. The first kappa shape index (κ1) is 14.9. The summed E-state index contributed by atoms with van der Waals surface area (Å²) in [5, 5.41) is 11.3. The summed E-state index contributed by atoms with van der Waals surface area (Å²) in [6.45, 7) is 4.64. The second kappa shape index (κ2) is 6.32. The minimum atomic E-state index is -0.584. The number of methoxy groups -OCH3 is 1. The van der Waals surface area contributed by atoms with Gasteiger partial charge in [0.1, 0.15) is 5.54 Å². The number of carbonyl (C=O) groups is 1. The standard InChI is InChI=1S/C13H23N5O2/c1-4-18-15-8-11(16-18)9-17-7-5-6-13(17,10-20-3)12(19)14-2/h8H,4-7,9-10H2,1-3H3,(H,14,19). The third-order valence-electron chi connectivity index (χ3n) is 3.88. The van der Waals surface area contributed by atoms with Crippen molar-refractivity contribution in [2.75, 3.05) is 27.3 Å². The number of rotatable bonds is 6. The van der Waals surface area contributed by atoms with Gasteiger partial charge >= 0.3 is 0 Å². The first-order chi connectivity index (χ1) is 9.66. The van der Waals surface area contributed by atoms with Crippen molar-refractivity contribution in [3.8, 4) is 0 Å². The van der Waals surface area contributed by atoms with Crippen LogP contribution in [0, 0.1) is 0 Å². The van der Waals surface area contributed by atoms with Crippen LogP contribution in [0.25, 0.3) is 0 Å². The van der Waals surface area contributed by atoms with Crippen molar-refractivity contribution >= 4 is 5.91 Å². The first-order valence-corrected chi connectivity index (χ1v) is 7.01. The Morgan fingerprint density at radius 1 is 1.60 bits per heavy atom. The van der Waals surface area contributed by atoms with Gasteiger partial charge in [-0.2, -0.15) is 15.0 Å². The highest BCUT2D eigenvalue weighted by Crippen LogP contribution is 2.31. The summed E-state index contributed by atoms with van der Waals surface area (Å²) in [5.74, 6) is 0.0136. The van der Waals surface area contributed by atoms with E-state index in [1.807, 2.05) is 6.92 Å². The van der Waals surface area contributed by atoms with Crippen molar-refractivity contribution in [1.29, 1.82) is 0 Å². The number of nitrogens with zero attached hydrogens (tertiary/aromatic N) is 4.